The molecular weight excluding hydrogens is 281 g/mol. The van der Waals surface area contributed by atoms with Gasteiger partial charge in [0.15, 0.2) is 0 Å². The van der Waals surface area contributed by atoms with Crippen LogP contribution >= 0.6 is 7.60 Å². The Morgan fingerprint density at radius 3 is 1.95 bits per heavy atom. The van der Waals surface area contributed by atoms with Crippen molar-refractivity contribution in [2.24, 2.45) is 0 Å². The smallest absolute Gasteiger partial charge is 0.339 e. The van der Waals surface area contributed by atoms with Gasteiger partial charge in [-0.1, -0.05) is 51.9 Å². The van der Waals surface area contributed by atoms with E-state index in [0.717, 1.165) is 19.3 Å². The van der Waals surface area contributed by atoms with E-state index in [0.29, 0.717) is 6.54 Å². The Morgan fingerprint density at radius 2 is 1.50 bits per heavy atom. The van der Waals surface area contributed by atoms with Crippen LogP contribution in [0.5, 0.6) is 0 Å². The molecule has 0 aromatic carbocycles. The number of carboxylic acid groups (broad SMARTS) is 1. The van der Waals surface area contributed by atoms with E-state index >= 15 is 0 Å². The Kier molecular flexibility index (Phi) is 11.0. The van der Waals surface area contributed by atoms with E-state index in [4.69, 9.17) is 14.9 Å². The van der Waals surface area contributed by atoms with Crippen molar-refractivity contribution in [3.05, 3.63) is 0 Å². The van der Waals surface area contributed by atoms with Gasteiger partial charge in [-0.15, -0.1) is 0 Å². The first-order valence-corrected chi connectivity index (χ1v) is 9.13. The molecule has 0 saturated carbocycles. The Labute approximate surface area is 121 Å². The first-order chi connectivity index (χ1) is 9.35. The molecule has 0 unspecified atom stereocenters. The molecule has 0 spiro atoms. The lowest BCUT2D eigenvalue weighted by Gasteiger charge is -2.20. The Hall–Kier alpha value is -0.420. The topological polar surface area (TPSA) is 98.1 Å². The minimum Gasteiger partial charge on any atom is -0.480 e. The van der Waals surface area contributed by atoms with Gasteiger partial charge in [-0.2, -0.15) is 0 Å². The van der Waals surface area contributed by atoms with Crippen LogP contribution in [0.25, 0.3) is 0 Å². The second kappa shape index (κ2) is 11.3. The molecule has 0 atom stereocenters. The number of carbonyl (C=O) groups is 1. The Bertz CT molecular complexity index is 305. The van der Waals surface area contributed by atoms with Crippen LogP contribution in [0.15, 0.2) is 0 Å². The first-order valence-electron chi connectivity index (χ1n) is 7.34. The number of carboxylic acids is 1. The van der Waals surface area contributed by atoms with Crippen LogP contribution in [0.1, 0.15) is 58.3 Å². The Morgan fingerprint density at radius 1 is 1.00 bits per heavy atom. The first kappa shape index (κ1) is 19.6. The van der Waals surface area contributed by atoms with Crippen LogP contribution < -0.4 is 0 Å². The molecule has 0 fully saturated rings. The summed E-state index contributed by atoms with van der Waals surface area (Å²) >= 11 is 0. The van der Waals surface area contributed by atoms with E-state index < -0.39 is 19.9 Å². The standard InChI is InChI=1S/C13H28NO5P/c1-2-3-4-5-6-7-8-9-10-14(11-13(15)16)12-20(17,18)19/h2-12H2,1H3,(H,15,16)(H2,17,18,19). The van der Waals surface area contributed by atoms with Crippen molar-refractivity contribution in [3.8, 4) is 0 Å². The quantitative estimate of drug-likeness (QED) is 0.357. The summed E-state index contributed by atoms with van der Waals surface area (Å²) in [5.74, 6) is -1.06. The maximum atomic E-state index is 10.9. The number of unbranched alkanes of at least 4 members (excludes halogenated alkanes) is 7. The van der Waals surface area contributed by atoms with Crippen LogP contribution in [0.3, 0.4) is 0 Å². The molecule has 0 radical (unpaired) electrons. The van der Waals surface area contributed by atoms with Gasteiger partial charge in [0.2, 0.25) is 0 Å². The van der Waals surface area contributed by atoms with Gasteiger partial charge in [0.1, 0.15) is 6.29 Å². The summed E-state index contributed by atoms with van der Waals surface area (Å²) in [4.78, 5) is 29.8. The highest BCUT2D eigenvalue weighted by atomic mass is 31.2. The van der Waals surface area contributed by atoms with Crippen LogP contribution in [0.4, 0.5) is 0 Å². The molecule has 3 N–H and O–H groups in total. The molecule has 20 heavy (non-hydrogen) atoms. The van der Waals surface area contributed by atoms with Crippen molar-refractivity contribution in [2.75, 3.05) is 19.4 Å². The monoisotopic (exact) mass is 309 g/mol. The van der Waals surface area contributed by atoms with Crippen LogP contribution in [0.2, 0.25) is 0 Å². The lowest BCUT2D eigenvalue weighted by Crippen LogP contribution is -2.31. The van der Waals surface area contributed by atoms with Gasteiger partial charge in [0, 0.05) is 0 Å². The predicted octanol–water partition coefficient (Wildman–Crippen LogP) is 2.65. The molecule has 120 valence electrons. The summed E-state index contributed by atoms with van der Waals surface area (Å²) in [6.07, 6.45) is 8.55. The van der Waals surface area contributed by atoms with Crippen LogP contribution in [-0.2, 0) is 9.36 Å². The number of nitrogens with zero attached hydrogens (tertiary/aromatic N) is 1. The molecule has 0 aromatic rings. The lowest BCUT2D eigenvalue weighted by atomic mass is 10.1. The van der Waals surface area contributed by atoms with E-state index in [1.54, 1.807) is 0 Å². The lowest BCUT2D eigenvalue weighted by molar-refractivity contribution is -0.138. The molecule has 0 aliphatic rings. The third-order valence-corrected chi connectivity index (χ3v) is 3.84. The predicted molar refractivity (Wildman–Crippen MR) is 78.7 cm³/mol. The van der Waals surface area contributed by atoms with Crippen molar-refractivity contribution < 1.29 is 24.3 Å². The third-order valence-electron chi connectivity index (χ3n) is 3.07. The van der Waals surface area contributed by atoms with Gasteiger partial charge < -0.3 is 14.9 Å². The van der Waals surface area contributed by atoms with Gasteiger partial charge in [-0.25, -0.2) is 0 Å². The minimum atomic E-state index is -4.19. The van der Waals surface area contributed by atoms with Crippen molar-refractivity contribution in [1.29, 1.82) is 0 Å². The highest BCUT2D eigenvalue weighted by Gasteiger charge is 2.20. The van der Waals surface area contributed by atoms with Crippen molar-refractivity contribution in [3.63, 3.8) is 0 Å². The number of rotatable bonds is 13. The molecule has 0 rings (SSSR count). The summed E-state index contributed by atoms with van der Waals surface area (Å²) in [6, 6.07) is 0. The summed E-state index contributed by atoms with van der Waals surface area (Å²) in [7, 11) is -4.19. The normalized spacial score (nSPS) is 12.0. The fraction of sp³-hybridized carbons (Fsp3) is 0.923. The fourth-order valence-electron chi connectivity index (χ4n) is 2.12. The van der Waals surface area contributed by atoms with Crippen molar-refractivity contribution in [1.82, 2.24) is 4.90 Å². The molecule has 7 heteroatoms. The van der Waals surface area contributed by atoms with Crippen LogP contribution in [0, 0.1) is 0 Å². The number of hydrogen-bond acceptors (Lipinski definition) is 3. The summed E-state index contributed by atoms with van der Waals surface area (Å²) < 4.78 is 10.9. The molecule has 0 bridgehead atoms. The van der Waals surface area contributed by atoms with Crippen molar-refractivity contribution >= 4 is 13.6 Å². The molecule has 0 aliphatic heterocycles. The Balaban J connectivity index is 3.74. The SMILES string of the molecule is CCCCCCCCCCN(CC(=O)O)CP(=O)(O)O. The zero-order valence-electron chi connectivity index (χ0n) is 12.3. The molecule has 0 saturated heterocycles. The molecule has 0 aromatic heterocycles. The largest absolute Gasteiger partial charge is 0.480 e. The van der Waals surface area contributed by atoms with Crippen LogP contribution in [-0.4, -0.2) is 45.1 Å². The zero-order valence-corrected chi connectivity index (χ0v) is 13.2. The van der Waals surface area contributed by atoms with E-state index in [9.17, 15) is 9.36 Å². The second-order valence-corrected chi connectivity index (χ2v) is 6.84. The number of hydrogen-bond donors (Lipinski definition) is 3. The minimum absolute atomic E-state index is 0.318. The average molecular weight is 309 g/mol. The van der Waals surface area contributed by atoms with E-state index in [1.165, 1.54) is 37.0 Å². The summed E-state index contributed by atoms with van der Waals surface area (Å²) in [5, 5.41) is 8.71. The number of aliphatic carboxylic acids is 1. The highest BCUT2D eigenvalue weighted by molar-refractivity contribution is 7.51. The third kappa shape index (κ3) is 14.0. The van der Waals surface area contributed by atoms with Gasteiger partial charge in [-0.05, 0) is 13.0 Å². The maximum Gasteiger partial charge on any atom is 0.339 e. The van der Waals surface area contributed by atoms with E-state index in [1.807, 2.05) is 0 Å². The van der Waals surface area contributed by atoms with Crippen molar-refractivity contribution in [2.45, 2.75) is 58.3 Å². The van der Waals surface area contributed by atoms with Gasteiger partial charge >= 0.3 is 13.6 Å². The van der Waals surface area contributed by atoms with E-state index in [2.05, 4.69) is 6.92 Å². The molecule has 0 heterocycles. The second-order valence-electron chi connectivity index (χ2n) is 5.23. The molecule has 0 amide bonds. The summed E-state index contributed by atoms with van der Waals surface area (Å²) in [5.41, 5.74) is 0. The van der Waals surface area contributed by atoms with Gasteiger partial charge in [-0.3, -0.25) is 14.3 Å². The fourth-order valence-corrected chi connectivity index (χ4v) is 2.88. The average Bonchev–Trinajstić information content (AvgIpc) is 2.29. The molecular formula is C13H28NO5P. The molecule has 0 aliphatic carbocycles. The highest BCUT2D eigenvalue weighted by Crippen LogP contribution is 2.35. The maximum absolute atomic E-state index is 10.9. The van der Waals surface area contributed by atoms with Gasteiger partial charge in [0.05, 0.1) is 6.54 Å². The zero-order chi connectivity index (χ0) is 15.4. The summed E-state index contributed by atoms with van der Waals surface area (Å²) in [6.45, 7) is 2.28. The van der Waals surface area contributed by atoms with Gasteiger partial charge in [0.25, 0.3) is 0 Å². The molecule has 6 nitrogen and oxygen atoms in total. The van der Waals surface area contributed by atoms with E-state index in [-0.39, 0.29) is 6.54 Å².